The number of halogens is 2. The molecule has 3 aromatic carbocycles. The summed E-state index contributed by atoms with van der Waals surface area (Å²) in [6.45, 7) is 2.43. The van der Waals surface area contributed by atoms with E-state index in [0.29, 0.717) is 22.9 Å². The molecule has 0 amide bonds. The molecule has 0 saturated heterocycles. The van der Waals surface area contributed by atoms with Crippen LogP contribution in [0.25, 0.3) is 0 Å². The Bertz CT molecular complexity index is 987. The van der Waals surface area contributed by atoms with E-state index in [-0.39, 0.29) is 12.2 Å². The topological polar surface area (TPSA) is 58.6 Å². The van der Waals surface area contributed by atoms with E-state index < -0.39 is 11.8 Å². The Morgan fingerprint density at radius 2 is 1.93 bits per heavy atom. The number of carboxylic acids is 1. The summed E-state index contributed by atoms with van der Waals surface area (Å²) in [6.07, 6.45) is 0. The van der Waals surface area contributed by atoms with E-state index in [4.69, 9.17) is 21.4 Å². The van der Waals surface area contributed by atoms with Crippen molar-refractivity contribution in [3.63, 3.8) is 0 Å². The number of rotatable bonds is 7. The molecule has 0 radical (unpaired) electrons. The van der Waals surface area contributed by atoms with Crippen LogP contribution in [0.5, 0.6) is 5.75 Å². The van der Waals surface area contributed by atoms with Crippen molar-refractivity contribution in [2.75, 3.05) is 5.32 Å². The molecule has 3 aromatic rings. The average molecular weight is 400 g/mol. The van der Waals surface area contributed by atoms with E-state index in [1.165, 1.54) is 6.07 Å². The predicted octanol–water partition coefficient (Wildman–Crippen LogP) is 5.68. The van der Waals surface area contributed by atoms with Gasteiger partial charge in [-0.05, 0) is 60.5 Å². The first-order valence-corrected chi connectivity index (χ1v) is 9.04. The van der Waals surface area contributed by atoms with Crippen molar-refractivity contribution in [2.24, 2.45) is 0 Å². The predicted molar refractivity (Wildman–Crippen MR) is 108 cm³/mol. The Morgan fingerprint density at radius 1 is 1.14 bits per heavy atom. The minimum Gasteiger partial charge on any atom is -0.489 e. The molecule has 0 spiro atoms. The largest absolute Gasteiger partial charge is 0.489 e. The molecule has 0 heterocycles. The molecule has 28 heavy (non-hydrogen) atoms. The van der Waals surface area contributed by atoms with Crippen LogP contribution in [0.2, 0.25) is 5.02 Å². The molecule has 0 aliphatic carbocycles. The molecule has 144 valence electrons. The lowest BCUT2D eigenvalue weighted by Crippen LogP contribution is -2.04. The molecule has 0 unspecified atom stereocenters. The molecular weight excluding hydrogens is 381 g/mol. The van der Waals surface area contributed by atoms with Crippen LogP contribution >= 0.6 is 11.6 Å². The lowest BCUT2D eigenvalue weighted by atomic mass is 10.1. The first-order chi connectivity index (χ1) is 13.4. The van der Waals surface area contributed by atoms with Crippen LogP contribution in [0.3, 0.4) is 0 Å². The number of aromatic carboxylic acids is 1. The van der Waals surface area contributed by atoms with Crippen molar-refractivity contribution in [2.45, 2.75) is 20.1 Å². The summed E-state index contributed by atoms with van der Waals surface area (Å²) in [5, 5.41) is 12.7. The molecule has 0 aliphatic rings. The highest BCUT2D eigenvalue weighted by molar-refractivity contribution is 6.31. The van der Waals surface area contributed by atoms with Crippen LogP contribution in [0, 0.1) is 12.7 Å². The number of hydrogen-bond acceptors (Lipinski definition) is 3. The highest BCUT2D eigenvalue weighted by Gasteiger charge is 2.08. The van der Waals surface area contributed by atoms with Crippen LogP contribution in [-0.4, -0.2) is 11.1 Å². The summed E-state index contributed by atoms with van der Waals surface area (Å²) < 4.78 is 19.5. The minimum absolute atomic E-state index is 0.0398. The van der Waals surface area contributed by atoms with E-state index in [0.717, 1.165) is 16.8 Å². The van der Waals surface area contributed by atoms with E-state index in [2.05, 4.69) is 5.32 Å². The number of carboxylic acid groups (broad SMARTS) is 1. The van der Waals surface area contributed by atoms with Crippen LogP contribution in [0.1, 0.15) is 27.0 Å². The second kappa shape index (κ2) is 8.76. The monoisotopic (exact) mass is 399 g/mol. The van der Waals surface area contributed by atoms with Crippen LogP contribution < -0.4 is 10.1 Å². The fourth-order valence-electron chi connectivity index (χ4n) is 2.76. The number of hydrogen-bond donors (Lipinski definition) is 2. The van der Waals surface area contributed by atoms with Gasteiger partial charge in [0.2, 0.25) is 0 Å². The maximum atomic E-state index is 13.8. The van der Waals surface area contributed by atoms with Gasteiger partial charge in [-0.1, -0.05) is 29.8 Å². The maximum absolute atomic E-state index is 13.8. The maximum Gasteiger partial charge on any atom is 0.335 e. The molecule has 0 fully saturated rings. The molecule has 0 aliphatic heterocycles. The highest BCUT2D eigenvalue weighted by atomic mass is 35.5. The Balaban J connectivity index is 1.64. The fourth-order valence-corrected chi connectivity index (χ4v) is 2.98. The van der Waals surface area contributed by atoms with Crippen molar-refractivity contribution >= 4 is 23.3 Å². The minimum atomic E-state index is -0.950. The van der Waals surface area contributed by atoms with Crippen LogP contribution in [0.15, 0.2) is 60.7 Å². The van der Waals surface area contributed by atoms with E-state index in [1.54, 1.807) is 36.4 Å². The molecule has 0 aromatic heterocycles. The van der Waals surface area contributed by atoms with Crippen molar-refractivity contribution in [3.05, 3.63) is 93.8 Å². The molecule has 0 saturated carbocycles. The number of nitrogens with one attached hydrogen (secondary N) is 1. The lowest BCUT2D eigenvalue weighted by molar-refractivity contribution is 0.0697. The van der Waals surface area contributed by atoms with Crippen molar-refractivity contribution in [1.29, 1.82) is 0 Å². The fraction of sp³-hybridized carbons (Fsp3) is 0.136. The highest BCUT2D eigenvalue weighted by Crippen LogP contribution is 2.23. The van der Waals surface area contributed by atoms with Gasteiger partial charge in [0, 0.05) is 17.8 Å². The molecule has 0 atom stereocenters. The lowest BCUT2D eigenvalue weighted by Gasteiger charge is -2.12. The number of carbonyl (C=O) groups is 1. The Hall–Kier alpha value is -3.05. The van der Waals surface area contributed by atoms with Gasteiger partial charge in [-0.15, -0.1) is 0 Å². The first-order valence-electron chi connectivity index (χ1n) is 8.66. The van der Waals surface area contributed by atoms with Crippen LogP contribution in [-0.2, 0) is 13.2 Å². The van der Waals surface area contributed by atoms with Crippen molar-refractivity contribution in [3.8, 4) is 5.75 Å². The third kappa shape index (κ3) is 4.81. The Kier molecular flexibility index (Phi) is 6.16. The summed E-state index contributed by atoms with van der Waals surface area (Å²) in [5.74, 6) is -0.739. The Labute approximate surface area is 167 Å². The average Bonchev–Trinajstić information content (AvgIpc) is 2.67. The second-order valence-corrected chi connectivity index (χ2v) is 6.73. The zero-order valence-electron chi connectivity index (χ0n) is 15.2. The quantitative estimate of drug-likeness (QED) is 0.536. The van der Waals surface area contributed by atoms with Gasteiger partial charge in [0.25, 0.3) is 0 Å². The smallest absolute Gasteiger partial charge is 0.335 e. The third-order valence-electron chi connectivity index (χ3n) is 4.30. The van der Waals surface area contributed by atoms with Crippen molar-refractivity contribution < 1.29 is 19.0 Å². The summed E-state index contributed by atoms with van der Waals surface area (Å²) in [7, 11) is 0. The molecular formula is C22H19ClFNO3. The summed E-state index contributed by atoms with van der Waals surface area (Å²) in [6, 6.07) is 16.9. The standard InChI is InChI=1S/C22H19ClFNO3/c1-14-10-16(22(26)27)8-9-21(14)25-12-15-4-2-5-17(11-15)28-13-18-19(23)6-3-7-20(18)24/h2-11,25H,12-13H2,1H3,(H,26,27). The van der Waals surface area contributed by atoms with Gasteiger partial charge in [0.15, 0.2) is 0 Å². The Morgan fingerprint density at radius 3 is 2.64 bits per heavy atom. The van der Waals surface area contributed by atoms with E-state index >= 15 is 0 Å². The molecule has 0 bridgehead atoms. The molecule has 6 heteroatoms. The van der Waals surface area contributed by atoms with Gasteiger partial charge < -0.3 is 15.2 Å². The number of anilines is 1. The molecule has 4 nitrogen and oxygen atoms in total. The summed E-state index contributed by atoms with van der Waals surface area (Å²) in [5.41, 5.74) is 3.25. The van der Waals surface area contributed by atoms with Crippen molar-refractivity contribution in [1.82, 2.24) is 0 Å². The van der Waals surface area contributed by atoms with Crippen LogP contribution in [0.4, 0.5) is 10.1 Å². The number of ether oxygens (including phenoxy) is 1. The zero-order chi connectivity index (χ0) is 20.1. The molecule has 2 N–H and O–H groups in total. The van der Waals surface area contributed by atoms with Gasteiger partial charge in [-0.2, -0.15) is 0 Å². The molecule has 3 rings (SSSR count). The van der Waals surface area contributed by atoms with Gasteiger partial charge in [0.05, 0.1) is 10.6 Å². The third-order valence-corrected chi connectivity index (χ3v) is 4.65. The van der Waals surface area contributed by atoms with Gasteiger partial charge in [-0.25, -0.2) is 9.18 Å². The summed E-state index contributed by atoms with van der Waals surface area (Å²) in [4.78, 5) is 11.0. The first kappa shape index (κ1) is 19.7. The van der Waals surface area contributed by atoms with E-state index in [9.17, 15) is 9.18 Å². The second-order valence-electron chi connectivity index (χ2n) is 6.32. The normalized spacial score (nSPS) is 10.5. The number of benzene rings is 3. The summed E-state index contributed by atoms with van der Waals surface area (Å²) >= 11 is 6.02. The zero-order valence-corrected chi connectivity index (χ0v) is 16.0. The van der Waals surface area contributed by atoms with E-state index in [1.807, 2.05) is 25.1 Å². The van der Waals surface area contributed by atoms with Gasteiger partial charge in [-0.3, -0.25) is 0 Å². The van der Waals surface area contributed by atoms with Gasteiger partial charge >= 0.3 is 5.97 Å². The SMILES string of the molecule is Cc1cc(C(=O)O)ccc1NCc1cccc(OCc2c(F)cccc2Cl)c1. The van der Waals surface area contributed by atoms with Gasteiger partial charge in [0.1, 0.15) is 18.2 Å². The number of aryl methyl sites for hydroxylation is 1.